The maximum atomic E-state index is 2.38. The standard InChI is InChI=1S/5C4H9.2Al.H/c5*1-4(2)3;;;/h5*4H,1H2,2-3H3;;;/q;;;;;;+1;-1. The Labute approximate surface area is 155 Å². The number of hydrogen-bond donors (Lipinski definition) is 0. The second kappa shape index (κ2) is 15.6. The zero-order valence-corrected chi connectivity index (χ0v) is 19.9. The van der Waals surface area contributed by atoms with Gasteiger partial charge < -0.3 is 1.43 Å². The summed E-state index contributed by atoms with van der Waals surface area (Å²) in [6.07, 6.45) is 0. The van der Waals surface area contributed by atoms with E-state index in [1.165, 1.54) is 10.6 Å². The Balaban J connectivity index is -0.000000354. The summed E-state index contributed by atoms with van der Waals surface area (Å²) in [5, 5.41) is 7.62. The molecular weight excluding hydrogens is 294 g/mol. The molecule has 0 aliphatic carbocycles. The molecule has 0 saturated heterocycles. The predicted molar refractivity (Wildman–Crippen MR) is 111 cm³/mol. The molecule has 0 amide bonds. The van der Waals surface area contributed by atoms with E-state index < -0.39 is 14.1 Å². The van der Waals surface area contributed by atoms with Gasteiger partial charge in [0.1, 0.15) is 0 Å². The van der Waals surface area contributed by atoms with Crippen molar-refractivity contribution in [2.45, 2.75) is 95.7 Å². The molecule has 22 heavy (non-hydrogen) atoms. The van der Waals surface area contributed by atoms with Crippen LogP contribution in [0, 0.1) is 29.6 Å². The van der Waals surface area contributed by atoms with Crippen molar-refractivity contribution in [3.05, 3.63) is 0 Å². The minimum absolute atomic E-state index is 0. The van der Waals surface area contributed by atoms with Crippen molar-refractivity contribution in [1.29, 1.82) is 0 Å². The molecule has 0 atom stereocenters. The van der Waals surface area contributed by atoms with E-state index in [0.29, 0.717) is 0 Å². The Kier molecular flexibility index (Phi) is 17.9. The van der Waals surface area contributed by atoms with Crippen molar-refractivity contribution in [1.82, 2.24) is 0 Å². The largest absolute Gasteiger partial charge is 1.00 e. The Morgan fingerprint density at radius 3 is 1.00 bits per heavy atom. The van der Waals surface area contributed by atoms with Gasteiger partial charge in [0.15, 0.2) is 0 Å². The van der Waals surface area contributed by atoms with E-state index in [1.807, 2.05) is 0 Å². The normalized spacial score (nSPS) is 11.2. The van der Waals surface area contributed by atoms with Crippen LogP contribution in [0.5, 0.6) is 0 Å². The van der Waals surface area contributed by atoms with Crippen molar-refractivity contribution < 1.29 is 1.43 Å². The molecule has 0 unspecified atom stereocenters. The maximum absolute atomic E-state index is 2.38. The fourth-order valence-corrected chi connectivity index (χ4v) is 9.15. The first-order valence-corrected chi connectivity index (χ1v) is 13.9. The zero-order valence-electron chi connectivity index (χ0n) is 18.6. The summed E-state index contributed by atoms with van der Waals surface area (Å²) in [5.41, 5.74) is 0. The molecule has 0 nitrogen and oxygen atoms in total. The molecule has 0 fully saturated rings. The third kappa shape index (κ3) is 23.3. The molecule has 0 N–H and O–H groups in total. The molecule has 132 valence electrons. The van der Waals surface area contributed by atoms with Gasteiger partial charge >= 0.3 is 65.3 Å². The summed E-state index contributed by atoms with van der Waals surface area (Å²) < 4.78 is 0. The minimum Gasteiger partial charge on any atom is -1.00 e. The molecule has 0 rings (SSSR count). The Hall–Kier alpha value is 1.06. The Morgan fingerprint density at radius 2 is 0.818 bits per heavy atom. The smallest absolute Gasteiger partial charge is 0.262 e. The van der Waals surface area contributed by atoms with E-state index in [4.69, 9.17) is 0 Å². The third-order valence-corrected chi connectivity index (χ3v) is 11.1. The van der Waals surface area contributed by atoms with Gasteiger partial charge in [0, 0.05) is 0 Å². The van der Waals surface area contributed by atoms with Crippen molar-refractivity contribution in [3.8, 4) is 0 Å². The van der Waals surface area contributed by atoms with Gasteiger partial charge in [0.2, 0.25) is 0 Å². The Morgan fingerprint density at radius 1 is 0.545 bits per heavy atom. The molecule has 0 bridgehead atoms. The molecule has 2 heteroatoms. The summed E-state index contributed by atoms with van der Waals surface area (Å²) in [6.45, 7) is 23.5. The average Bonchev–Trinajstić information content (AvgIpc) is 2.25. The molecule has 0 radical (unpaired) electrons. The molecule has 0 aromatic carbocycles. The van der Waals surface area contributed by atoms with Crippen LogP contribution in [-0.4, -0.2) is 29.4 Å². The van der Waals surface area contributed by atoms with Crippen molar-refractivity contribution >= 4 is 29.4 Å². The maximum Gasteiger partial charge on any atom is 0.262 e. The number of hydrogen-bond acceptors (Lipinski definition) is 0. The number of rotatable bonds is 10. The first-order valence-electron chi connectivity index (χ1n) is 9.86. The molecule has 0 aromatic heterocycles. The fourth-order valence-electron chi connectivity index (χ4n) is 3.05. The van der Waals surface area contributed by atoms with Crippen LogP contribution in [0.25, 0.3) is 0 Å². The van der Waals surface area contributed by atoms with Gasteiger partial charge in [-0.05, 0) is 0 Å². The van der Waals surface area contributed by atoms with Crippen molar-refractivity contribution in [2.75, 3.05) is 0 Å². The first-order chi connectivity index (χ1) is 10.0. The summed E-state index contributed by atoms with van der Waals surface area (Å²) in [4.78, 5) is 0. The summed E-state index contributed by atoms with van der Waals surface area (Å²) >= 11 is 0.347. The SMILES string of the molecule is CC(C)[CH2][Al+][CH2]C(C)C.CC(C)[CH2][Al]([CH2]C(C)C)[CH2]C(C)C.[H-]. The van der Waals surface area contributed by atoms with Crippen LogP contribution in [-0.2, 0) is 0 Å². The molecule has 0 aromatic rings. The second-order valence-corrected chi connectivity index (χ2v) is 14.0. The fraction of sp³-hybridized carbons (Fsp3) is 1.00. The second-order valence-electron chi connectivity index (χ2n) is 9.30. The monoisotopic (exact) mass is 340 g/mol. The van der Waals surface area contributed by atoms with Gasteiger partial charge in [0.25, 0.3) is 14.1 Å². The molecule has 0 aliphatic rings. The van der Waals surface area contributed by atoms with Crippen LogP contribution in [0.4, 0.5) is 0 Å². The van der Waals surface area contributed by atoms with Crippen LogP contribution in [0.15, 0.2) is 0 Å². The van der Waals surface area contributed by atoms with Crippen molar-refractivity contribution in [3.63, 3.8) is 0 Å². The minimum atomic E-state index is -0.407. The van der Waals surface area contributed by atoms with Crippen LogP contribution in [0.2, 0.25) is 26.4 Å². The first kappa shape index (κ1) is 25.3. The van der Waals surface area contributed by atoms with Gasteiger partial charge in [-0.1, -0.05) is 75.1 Å². The van der Waals surface area contributed by atoms with E-state index in [0.717, 1.165) is 44.8 Å². The van der Waals surface area contributed by atoms with Gasteiger partial charge in [-0.15, -0.1) is 0 Å². The molecule has 0 saturated carbocycles. The Bertz CT molecular complexity index is 194. The van der Waals surface area contributed by atoms with Crippen molar-refractivity contribution in [2.24, 2.45) is 29.6 Å². The molecule has 0 heterocycles. The third-order valence-electron chi connectivity index (χ3n) is 3.69. The summed E-state index contributed by atoms with van der Waals surface area (Å²) in [6, 6.07) is 0. The summed E-state index contributed by atoms with van der Waals surface area (Å²) in [5.74, 6) is 4.63. The quantitative estimate of drug-likeness (QED) is 0.363. The van der Waals surface area contributed by atoms with Crippen LogP contribution < -0.4 is 0 Å². The van der Waals surface area contributed by atoms with Gasteiger partial charge in [-0.25, -0.2) is 0 Å². The molecular formula is C20H46Al2. The molecule has 0 aliphatic heterocycles. The average molecular weight is 341 g/mol. The van der Waals surface area contributed by atoms with E-state index in [-0.39, 0.29) is 1.43 Å². The van der Waals surface area contributed by atoms with E-state index >= 15 is 0 Å². The zero-order chi connectivity index (χ0) is 17.7. The topological polar surface area (TPSA) is 0 Å². The predicted octanol–water partition coefficient (Wildman–Crippen LogP) is 7.40. The summed E-state index contributed by atoms with van der Waals surface area (Å²) in [7, 11) is 0. The van der Waals surface area contributed by atoms with Crippen LogP contribution >= 0.6 is 0 Å². The van der Waals surface area contributed by atoms with Gasteiger partial charge in [0.05, 0.1) is 0 Å². The molecule has 0 spiro atoms. The van der Waals surface area contributed by atoms with Gasteiger partial charge in [-0.3, -0.25) is 0 Å². The van der Waals surface area contributed by atoms with Crippen LogP contribution in [0.3, 0.4) is 0 Å². The van der Waals surface area contributed by atoms with E-state index in [2.05, 4.69) is 69.2 Å². The van der Waals surface area contributed by atoms with Gasteiger partial charge in [-0.2, -0.15) is 0 Å². The van der Waals surface area contributed by atoms with Crippen LogP contribution in [0.1, 0.15) is 70.7 Å². The van der Waals surface area contributed by atoms with E-state index in [9.17, 15) is 0 Å². The van der Waals surface area contributed by atoms with E-state index in [1.54, 1.807) is 15.8 Å².